The zero-order chi connectivity index (χ0) is 18.1. The molecule has 0 bridgehead atoms. The van der Waals surface area contributed by atoms with Crippen LogP contribution in [0.3, 0.4) is 0 Å². The molecule has 1 aliphatic heterocycles. The van der Waals surface area contributed by atoms with Crippen LogP contribution in [0.15, 0.2) is 46.1 Å². The van der Waals surface area contributed by atoms with E-state index in [9.17, 15) is 4.79 Å². The van der Waals surface area contributed by atoms with Gasteiger partial charge in [0.05, 0.1) is 5.92 Å². The lowest BCUT2D eigenvalue weighted by molar-refractivity contribution is -0.118. The van der Waals surface area contributed by atoms with Crippen LogP contribution in [0.5, 0.6) is 0 Å². The summed E-state index contributed by atoms with van der Waals surface area (Å²) in [4.78, 5) is 17.5. The highest BCUT2D eigenvalue weighted by atomic mass is 35.5. The van der Waals surface area contributed by atoms with E-state index in [0.29, 0.717) is 18.2 Å². The zero-order valence-corrected chi connectivity index (χ0v) is 15.6. The number of anilines is 1. The Labute approximate surface area is 158 Å². The largest absolute Gasteiger partial charge is 0.309 e. The fraction of sp³-hybridized carbons (Fsp3) is 0.450. The Morgan fingerprint density at radius 1 is 1.38 bits per heavy atom. The van der Waals surface area contributed by atoms with Crippen LogP contribution in [0.1, 0.15) is 50.6 Å². The quantitative estimate of drug-likeness (QED) is 0.790. The Morgan fingerprint density at radius 2 is 2.23 bits per heavy atom. The van der Waals surface area contributed by atoms with Crippen LogP contribution >= 0.6 is 11.6 Å². The Bertz CT molecular complexity index is 829. The van der Waals surface area contributed by atoms with Gasteiger partial charge in [-0.3, -0.25) is 14.9 Å². The SMILES string of the molecule is CC[C@H](C(=O)Nc1cc(C2CC2)[nH]n1)C1=CC2CC/C=C(Cl)\C=C/C2=N1. The molecule has 5 nitrogen and oxygen atoms in total. The lowest BCUT2D eigenvalue weighted by Gasteiger charge is -2.13. The molecule has 1 fully saturated rings. The van der Waals surface area contributed by atoms with Crippen molar-refractivity contribution in [2.75, 3.05) is 5.32 Å². The number of allylic oxidation sites excluding steroid dienone is 5. The zero-order valence-electron chi connectivity index (χ0n) is 14.8. The van der Waals surface area contributed by atoms with E-state index in [0.717, 1.165) is 35.0 Å². The van der Waals surface area contributed by atoms with Gasteiger partial charge in [0, 0.05) is 40.0 Å². The van der Waals surface area contributed by atoms with Gasteiger partial charge in [0.25, 0.3) is 0 Å². The summed E-state index contributed by atoms with van der Waals surface area (Å²) in [6, 6.07) is 1.95. The number of fused-ring (bicyclic) bond motifs is 1. The molecule has 2 atom stereocenters. The number of hydrogen-bond donors (Lipinski definition) is 2. The second-order valence-electron chi connectivity index (χ2n) is 7.17. The summed E-state index contributed by atoms with van der Waals surface area (Å²) in [5, 5.41) is 10.9. The number of amides is 1. The minimum absolute atomic E-state index is 0.0497. The van der Waals surface area contributed by atoms with E-state index >= 15 is 0 Å². The molecular weight excluding hydrogens is 348 g/mol. The van der Waals surface area contributed by atoms with Crippen molar-refractivity contribution in [2.24, 2.45) is 16.8 Å². The topological polar surface area (TPSA) is 70.1 Å². The van der Waals surface area contributed by atoms with E-state index in [4.69, 9.17) is 16.6 Å². The molecule has 1 saturated carbocycles. The third kappa shape index (κ3) is 3.68. The molecule has 0 saturated heterocycles. The molecule has 0 aromatic carbocycles. The summed E-state index contributed by atoms with van der Waals surface area (Å²) in [6.07, 6.45) is 13.0. The fourth-order valence-corrected chi connectivity index (χ4v) is 3.70. The molecule has 26 heavy (non-hydrogen) atoms. The van der Waals surface area contributed by atoms with Crippen molar-refractivity contribution in [1.82, 2.24) is 10.2 Å². The standard InChI is InChI=1S/C20H23ClN4O/c1-2-15(20(26)23-19-11-17(24-25-19)12-6-7-12)18-10-13-4-3-5-14(21)8-9-16(13)22-18/h5,8-13,15H,2-4,6-7H2,1H3,(H2,23,24,25,26)/b9-8-,14-5+/t13?,15-/m0/s1. The van der Waals surface area contributed by atoms with Gasteiger partial charge in [-0.15, -0.1) is 0 Å². The predicted molar refractivity (Wildman–Crippen MR) is 104 cm³/mol. The van der Waals surface area contributed by atoms with Crippen LogP contribution in [0.4, 0.5) is 5.82 Å². The maximum absolute atomic E-state index is 12.8. The third-order valence-corrected chi connectivity index (χ3v) is 5.47. The number of hydrogen-bond acceptors (Lipinski definition) is 3. The van der Waals surface area contributed by atoms with Gasteiger partial charge < -0.3 is 5.32 Å². The van der Waals surface area contributed by atoms with Crippen LogP contribution < -0.4 is 5.32 Å². The summed E-state index contributed by atoms with van der Waals surface area (Å²) in [6.45, 7) is 2.01. The Kier molecular flexibility index (Phi) is 4.81. The fourth-order valence-electron chi connectivity index (χ4n) is 3.53. The van der Waals surface area contributed by atoms with Crippen LogP contribution in [-0.2, 0) is 4.79 Å². The molecule has 1 aromatic rings. The summed E-state index contributed by atoms with van der Waals surface area (Å²) >= 11 is 6.11. The minimum Gasteiger partial charge on any atom is -0.309 e. The first-order valence-electron chi connectivity index (χ1n) is 9.34. The number of aromatic amines is 1. The van der Waals surface area contributed by atoms with E-state index in [1.807, 2.05) is 31.2 Å². The number of carbonyl (C=O) groups excluding carboxylic acids is 1. The summed E-state index contributed by atoms with van der Waals surface area (Å²) in [5.41, 5.74) is 2.96. The molecule has 1 unspecified atom stereocenters. The third-order valence-electron chi connectivity index (χ3n) is 5.19. The molecule has 0 spiro atoms. The lowest BCUT2D eigenvalue weighted by atomic mass is 9.94. The molecule has 136 valence electrons. The van der Waals surface area contributed by atoms with E-state index in [2.05, 4.69) is 21.6 Å². The average molecular weight is 371 g/mol. The van der Waals surface area contributed by atoms with Crippen LogP contribution in [0.25, 0.3) is 0 Å². The van der Waals surface area contributed by atoms with Crippen molar-refractivity contribution in [2.45, 2.75) is 44.9 Å². The number of aromatic nitrogens is 2. The molecule has 1 amide bonds. The Hall–Kier alpha value is -2.14. The number of nitrogens with zero attached hydrogens (tertiary/aromatic N) is 2. The maximum Gasteiger partial charge on any atom is 0.234 e. The first kappa shape index (κ1) is 17.3. The highest BCUT2D eigenvalue weighted by Gasteiger charge is 2.29. The van der Waals surface area contributed by atoms with Gasteiger partial charge in [-0.2, -0.15) is 5.10 Å². The normalized spacial score (nSPS) is 26.5. The van der Waals surface area contributed by atoms with Gasteiger partial charge in [-0.05, 0) is 44.3 Å². The molecule has 2 N–H and O–H groups in total. The van der Waals surface area contributed by atoms with Crippen molar-refractivity contribution in [3.05, 3.63) is 46.8 Å². The number of halogens is 1. The first-order chi connectivity index (χ1) is 12.6. The van der Waals surface area contributed by atoms with Crippen molar-refractivity contribution in [3.8, 4) is 0 Å². The van der Waals surface area contributed by atoms with Gasteiger partial charge in [-0.1, -0.05) is 30.7 Å². The number of aliphatic imine (C=N–C) groups is 1. The van der Waals surface area contributed by atoms with Gasteiger partial charge in [0.1, 0.15) is 0 Å². The number of carbonyl (C=O) groups is 1. The Morgan fingerprint density at radius 3 is 3.00 bits per heavy atom. The molecule has 1 aromatic heterocycles. The summed E-state index contributed by atoms with van der Waals surface area (Å²) in [5.74, 6) is 1.13. The summed E-state index contributed by atoms with van der Waals surface area (Å²) < 4.78 is 0. The van der Waals surface area contributed by atoms with Gasteiger partial charge in [0.2, 0.25) is 5.91 Å². The highest BCUT2D eigenvalue weighted by molar-refractivity contribution is 6.31. The maximum atomic E-state index is 12.8. The van der Waals surface area contributed by atoms with Gasteiger partial charge in [0.15, 0.2) is 5.82 Å². The van der Waals surface area contributed by atoms with E-state index in [-0.39, 0.29) is 17.7 Å². The van der Waals surface area contributed by atoms with Crippen LogP contribution in [0, 0.1) is 11.8 Å². The smallest absolute Gasteiger partial charge is 0.234 e. The molecule has 2 aliphatic carbocycles. The second kappa shape index (κ2) is 7.23. The minimum atomic E-state index is -0.270. The first-order valence-corrected chi connectivity index (χ1v) is 9.72. The second-order valence-corrected chi connectivity index (χ2v) is 7.60. The van der Waals surface area contributed by atoms with E-state index < -0.39 is 0 Å². The van der Waals surface area contributed by atoms with Crippen molar-refractivity contribution < 1.29 is 4.79 Å². The van der Waals surface area contributed by atoms with Crippen LogP contribution in [-0.4, -0.2) is 21.8 Å². The molecule has 0 radical (unpaired) electrons. The average Bonchev–Trinajstić information content (AvgIpc) is 3.24. The van der Waals surface area contributed by atoms with E-state index in [1.54, 1.807) is 0 Å². The van der Waals surface area contributed by atoms with Crippen molar-refractivity contribution in [1.29, 1.82) is 0 Å². The molecule has 3 aliphatic rings. The summed E-state index contributed by atoms with van der Waals surface area (Å²) in [7, 11) is 0. The highest BCUT2D eigenvalue weighted by Crippen LogP contribution is 2.39. The van der Waals surface area contributed by atoms with Gasteiger partial charge >= 0.3 is 0 Å². The number of rotatable bonds is 5. The van der Waals surface area contributed by atoms with Crippen molar-refractivity contribution >= 4 is 29.0 Å². The van der Waals surface area contributed by atoms with Crippen LogP contribution in [0.2, 0.25) is 0 Å². The number of nitrogens with one attached hydrogen (secondary N) is 2. The predicted octanol–water partition coefficient (Wildman–Crippen LogP) is 4.68. The molecular formula is C20H23ClN4O. The van der Waals surface area contributed by atoms with Crippen molar-refractivity contribution in [3.63, 3.8) is 0 Å². The monoisotopic (exact) mass is 370 g/mol. The molecule has 6 heteroatoms. The number of H-pyrrole nitrogens is 1. The molecule has 2 heterocycles. The van der Waals surface area contributed by atoms with E-state index in [1.165, 1.54) is 12.8 Å². The molecule has 4 rings (SSSR count). The van der Waals surface area contributed by atoms with Gasteiger partial charge in [-0.25, -0.2) is 0 Å². The lowest BCUT2D eigenvalue weighted by Crippen LogP contribution is -2.23. The Balaban J connectivity index is 1.47.